The molecule has 1 unspecified atom stereocenters. The minimum absolute atomic E-state index is 0.235. The van der Waals surface area contributed by atoms with Crippen LogP contribution in [0, 0.1) is 6.92 Å². The summed E-state index contributed by atoms with van der Waals surface area (Å²) in [6.45, 7) is 4.64. The maximum Gasteiger partial charge on any atom is 0.152 e. The molecule has 2 heterocycles. The van der Waals surface area contributed by atoms with Crippen LogP contribution in [0.1, 0.15) is 24.5 Å². The highest BCUT2D eigenvalue weighted by molar-refractivity contribution is 7.91. The molecule has 94 valence electrons. The third-order valence-corrected chi connectivity index (χ3v) is 5.06. The molecular weight excluding hydrogens is 236 g/mol. The molecule has 2 rings (SSSR count). The Bertz CT molecular complexity index is 513. The molecular formula is C12H18N2O2S. The van der Waals surface area contributed by atoms with E-state index >= 15 is 0 Å². The largest absolute Gasteiger partial charge is 0.306 e. The topological polar surface area (TPSA) is 59.1 Å². The van der Waals surface area contributed by atoms with Crippen molar-refractivity contribution in [2.24, 2.45) is 0 Å². The fourth-order valence-electron chi connectivity index (χ4n) is 2.18. The van der Waals surface area contributed by atoms with Gasteiger partial charge in [0.05, 0.1) is 11.5 Å². The summed E-state index contributed by atoms with van der Waals surface area (Å²) < 4.78 is 22.9. The van der Waals surface area contributed by atoms with Gasteiger partial charge in [-0.3, -0.25) is 4.98 Å². The Labute approximate surface area is 102 Å². The highest BCUT2D eigenvalue weighted by Crippen LogP contribution is 2.23. The summed E-state index contributed by atoms with van der Waals surface area (Å²) in [7, 11) is -2.84. The van der Waals surface area contributed by atoms with Crippen LogP contribution < -0.4 is 5.32 Å². The van der Waals surface area contributed by atoms with Gasteiger partial charge in [0.2, 0.25) is 0 Å². The summed E-state index contributed by atoms with van der Waals surface area (Å²) in [6, 6.07) is 2.06. The molecule has 1 atom stereocenters. The van der Waals surface area contributed by atoms with Crippen LogP contribution in [0.3, 0.4) is 0 Å². The number of rotatable bonds is 3. The maximum absolute atomic E-state index is 11.5. The molecule has 0 saturated carbocycles. The molecule has 1 aromatic heterocycles. The molecule has 1 aliphatic heterocycles. The summed E-state index contributed by atoms with van der Waals surface area (Å²) in [5, 5.41) is 3.34. The van der Waals surface area contributed by atoms with E-state index in [1.165, 1.54) is 0 Å². The third kappa shape index (κ3) is 3.26. The standard InChI is InChI=1S/C12H18N2O2S/c1-10-5-11(7-13-6-10)8-14-12(2)3-4-17(15,16)9-12/h5-7,14H,3-4,8-9H2,1-2H3. The average molecular weight is 254 g/mol. The maximum atomic E-state index is 11.5. The van der Waals surface area contributed by atoms with Crippen LogP contribution in [-0.4, -0.2) is 30.4 Å². The molecule has 0 aliphatic carbocycles. The Morgan fingerprint density at radius 1 is 1.47 bits per heavy atom. The van der Waals surface area contributed by atoms with Gasteiger partial charge in [-0.2, -0.15) is 0 Å². The molecule has 0 aromatic carbocycles. The van der Waals surface area contributed by atoms with Crippen molar-refractivity contribution in [3.8, 4) is 0 Å². The molecule has 4 nitrogen and oxygen atoms in total. The zero-order valence-electron chi connectivity index (χ0n) is 10.2. The van der Waals surface area contributed by atoms with Crippen LogP contribution in [0.4, 0.5) is 0 Å². The van der Waals surface area contributed by atoms with Crippen molar-refractivity contribution in [3.05, 3.63) is 29.6 Å². The zero-order chi connectivity index (χ0) is 12.5. The number of nitrogens with one attached hydrogen (secondary N) is 1. The lowest BCUT2D eigenvalue weighted by Gasteiger charge is -2.23. The van der Waals surface area contributed by atoms with E-state index in [-0.39, 0.29) is 11.3 Å². The molecule has 5 heteroatoms. The lowest BCUT2D eigenvalue weighted by atomic mass is 10.0. The number of aryl methyl sites for hydroxylation is 1. The van der Waals surface area contributed by atoms with E-state index in [0.29, 0.717) is 18.7 Å². The number of pyridine rings is 1. The first kappa shape index (κ1) is 12.5. The Hall–Kier alpha value is -0.940. The second-order valence-corrected chi connectivity index (χ2v) is 7.31. The lowest BCUT2D eigenvalue weighted by Crippen LogP contribution is -2.42. The van der Waals surface area contributed by atoms with Crippen LogP contribution in [0.25, 0.3) is 0 Å². The first-order valence-corrected chi connectivity index (χ1v) is 7.57. The van der Waals surface area contributed by atoms with E-state index in [1.807, 2.05) is 26.2 Å². The molecule has 17 heavy (non-hydrogen) atoms. The minimum Gasteiger partial charge on any atom is -0.306 e. The van der Waals surface area contributed by atoms with Crippen LogP contribution in [0.5, 0.6) is 0 Å². The highest BCUT2D eigenvalue weighted by atomic mass is 32.2. The first-order valence-electron chi connectivity index (χ1n) is 5.75. The first-order chi connectivity index (χ1) is 7.89. The van der Waals surface area contributed by atoms with Gasteiger partial charge in [-0.15, -0.1) is 0 Å². The van der Waals surface area contributed by atoms with Gasteiger partial charge in [0.15, 0.2) is 9.84 Å². The van der Waals surface area contributed by atoms with Gasteiger partial charge in [-0.1, -0.05) is 6.07 Å². The number of aromatic nitrogens is 1. The van der Waals surface area contributed by atoms with Crippen molar-refractivity contribution in [3.63, 3.8) is 0 Å². The zero-order valence-corrected chi connectivity index (χ0v) is 11.0. The second kappa shape index (κ2) is 4.38. The summed E-state index contributed by atoms with van der Waals surface area (Å²) in [5.74, 6) is 0.530. The monoisotopic (exact) mass is 254 g/mol. The van der Waals surface area contributed by atoms with Gasteiger partial charge < -0.3 is 5.32 Å². The lowest BCUT2D eigenvalue weighted by molar-refractivity contribution is 0.395. The molecule has 0 spiro atoms. The normalized spacial score (nSPS) is 27.2. The van der Waals surface area contributed by atoms with Crippen LogP contribution >= 0.6 is 0 Å². The van der Waals surface area contributed by atoms with E-state index in [0.717, 1.165) is 11.1 Å². The Kier molecular flexibility index (Phi) is 3.23. The van der Waals surface area contributed by atoms with Crippen molar-refractivity contribution in [1.29, 1.82) is 0 Å². The van der Waals surface area contributed by atoms with E-state index in [4.69, 9.17) is 0 Å². The average Bonchev–Trinajstić information content (AvgIpc) is 2.51. The molecule has 1 fully saturated rings. The van der Waals surface area contributed by atoms with Gasteiger partial charge in [0.25, 0.3) is 0 Å². The number of hydrogen-bond donors (Lipinski definition) is 1. The SMILES string of the molecule is Cc1cncc(CNC2(C)CCS(=O)(=O)C2)c1. The van der Waals surface area contributed by atoms with Crippen molar-refractivity contribution >= 4 is 9.84 Å². The van der Waals surface area contributed by atoms with Crippen LogP contribution in [0.2, 0.25) is 0 Å². The van der Waals surface area contributed by atoms with Crippen molar-refractivity contribution in [2.45, 2.75) is 32.4 Å². The van der Waals surface area contributed by atoms with E-state index in [2.05, 4.69) is 16.4 Å². The fraction of sp³-hybridized carbons (Fsp3) is 0.583. The van der Waals surface area contributed by atoms with Crippen molar-refractivity contribution < 1.29 is 8.42 Å². The van der Waals surface area contributed by atoms with E-state index < -0.39 is 9.84 Å². The molecule has 0 bridgehead atoms. The summed E-state index contributed by atoms with van der Waals surface area (Å²) in [4.78, 5) is 4.12. The van der Waals surface area contributed by atoms with Crippen molar-refractivity contribution in [1.82, 2.24) is 10.3 Å². The van der Waals surface area contributed by atoms with Gasteiger partial charge in [0.1, 0.15) is 0 Å². The summed E-state index contributed by atoms with van der Waals surface area (Å²) in [5.41, 5.74) is 1.92. The molecule has 0 amide bonds. The Morgan fingerprint density at radius 3 is 2.82 bits per heavy atom. The van der Waals surface area contributed by atoms with Crippen molar-refractivity contribution in [2.75, 3.05) is 11.5 Å². The second-order valence-electron chi connectivity index (χ2n) is 5.13. The van der Waals surface area contributed by atoms with Gasteiger partial charge >= 0.3 is 0 Å². The number of hydrogen-bond acceptors (Lipinski definition) is 4. The van der Waals surface area contributed by atoms with E-state index in [1.54, 1.807) is 0 Å². The highest BCUT2D eigenvalue weighted by Gasteiger charge is 2.37. The minimum atomic E-state index is -2.84. The predicted octanol–water partition coefficient (Wildman–Crippen LogP) is 1.06. The number of sulfone groups is 1. The van der Waals surface area contributed by atoms with Crippen LogP contribution in [0.15, 0.2) is 18.5 Å². The van der Waals surface area contributed by atoms with Gasteiger partial charge in [-0.05, 0) is 31.4 Å². The Balaban J connectivity index is 1.99. The smallest absolute Gasteiger partial charge is 0.152 e. The third-order valence-electron chi connectivity index (χ3n) is 3.15. The molecule has 1 saturated heterocycles. The summed E-state index contributed by atoms with van der Waals surface area (Å²) >= 11 is 0. The van der Waals surface area contributed by atoms with Gasteiger partial charge in [-0.25, -0.2) is 8.42 Å². The fourth-order valence-corrected chi connectivity index (χ4v) is 4.30. The molecule has 1 aliphatic rings. The van der Waals surface area contributed by atoms with Crippen LogP contribution in [-0.2, 0) is 16.4 Å². The Morgan fingerprint density at radius 2 is 2.24 bits per heavy atom. The predicted molar refractivity (Wildman–Crippen MR) is 67.5 cm³/mol. The molecule has 1 aromatic rings. The van der Waals surface area contributed by atoms with E-state index in [9.17, 15) is 8.42 Å². The molecule has 0 radical (unpaired) electrons. The molecule has 1 N–H and O–H groups in total. The summed E-state index contributed by atoms with van der Waals surface area (Å²) in [6.07, 6.45) is 4.31. The quantitative estimate of drug-likeness (QED) is 0.876. The van der Waals surface area contributed by atoms with Gasteiger partial charge in [0, 0.05) is 24.5 Å². The number of nitrogens with zero attached hydrogens (tertiary/aromatic N) is 1.